The van der Waals surface area contributed by atoms with Gasteiger partial charge in [-0.3, -0.25) is 4.79 Å². The SMILES string of the molecule is CNCCN(C)C(=O)Cn1c(COc2ccc(Cl)cc2)nc2ccccc21. The minimum atomic E-state index is 0.0288. The number of aromatic nitrogens is 2. The largest absolute Gasteiger partial charge is 0.486 e. The molecule has 2 aromatic carbocycles. The summed E-state index contributed by atoms with van der Waals surface area (Å²) >= 11 is 5.91. The van der Waals surface area contributed by atoms with E-state index in [1.165, 1.54) is 0 Å². The number of halogens is 1. The van der Waals surface area contributed by atoms with E-state index in [1.54, 1.807) is 17.0 Å². The number of hydrogen-bond donors (Lipinski definition) is 1. The van der Waals surface area contributed by atoms with Crippen molar-refractivity contribution in [2.24, 2.45) is 0 Å². The molecule has 0 saturated carbocycles. The fourth-order valence-electron chi connectivity index (χ4n) is 2.75. The third-order valence-electron chi connectivity index (χ3n) is 4.33. The lowest BCUT2D eigenvalue weighted by Gasteiger charge is -2.18. The second-order valence-corrected chi connectivity index (χ2v) is 6.70. The van der Waals surface area contributed by atoms with Crippen molar-refractivity contribution in [1.29, 1.82) is 0 Å². The van der Waals surface area contributed by atoms with E-state index in [-0.39, 0.29) is 19.1 Å². The molecule has 0 unspecified atom stereocenters. The first-order valence-corrected chi connectivity index (χ1v) is 9.17. The van der Waals surface area contributed by atoms with Crippen LogP contribution >= 0.6 is 11.6 Å². The maximum Gasteiger partial charge on any atom is 0.242 e. The van der Waals surface area contributed by atoms with Crippen LogP contribution in [0, 0.1) is 0 Å². The molecule has 0 aliphatic heterocycles. The van der Waals surface area contributed by atoms with Gasteiger partial charge in [-0.25, -0.2) is 4.98 Å². The number of carbonyl (C=O) groups is 1. The van der Waals surface area contributed by atoms with Crippen LogP contribution in [0.5, 0.6) is 5.75 Å². The lowest BCUT2D eigenvalue weighted by Crippen LogP contribution is -2.35. The van der Waals surface area contributed by atoms with Crippen LogP contribution < -0.4 is 10.1 Å². The number of hydrogen-bond acceptors (Lipinski definition) is 4. The zero-order valence-corrected chi connectivity index (χ0v) is 16.2. The highest BCUT2D eigenvalue weighted by atomic mass is 35.5. The maximum atomic E-state index is 12.6. The van der Waals surface area contributed by atoms with Crippen LogP contribution in [0.2, 0.25) is 5.02 Å². The van der Waals surface area contributed by atoms with Crippen molar-refractivity contribution in [3.8, 4) is 5.75 Å². The van der Waals surface area contributed by atoms with Gasteiger partial charge in [0.1, 0.15) is 24.7 Å². The fourth-order valence-corrected chi connectivity index (χ4v) is 2.88. The van der Waals surface area contributed by atoms with Crippen molar-refractivity contribution in [3.63, 3.8) is 0 Å². The van der Waals surface area contributed by atoms with Gasteiger partial charge in [-0.1, -0.05) is 23.7 Å². The van der Waals surface area contributed by atoms with E-state index in [2.05, 4.69) is 10.3 Å². The minimum Gasteiger partial charge on any atom is -0.486 e. The molecule has 0 atom stereocenters. The number of nitrogens with zero attached hydrogens (tertiary/aromatic N) is 3. The van der Waals surface area contributed by atoms with Gasteiger partial charge < -0.3 is 19.5 Å². The normalized spacial score (nSPS) is 10.9. The summed E-state index contributed by atoms with van der Waals surface area (Å²) in [7, 11) is 3.68. The van der Waals surface area contributed by atoms with Gasteiger partial charge in [-0.2, -0.15) is 0 Å². The van der Waals surface area contributed by atoms with Crippen molar-refractivity contribution in [2.75, 3.05) is 27.2 Å². The number of imidazole rings is 1. The molecular formula is C20H23ClN4O2. The van der Waals surface area contributed by atoms with Crippen LogP contribution in [-0.2, 0) is 17.9 Å². The van der Waals surface area contributed by atoms with Crippen LogP contribution in [0.4, 0.5) is 0 Å². The number of benzene rings is 2. The molecule has 0 bridgehead atoms. The van der Waals surface area contributed by atoms with Crippen LogP contribution in [0.15, 0.2) is 48.5 Å². The molecule has 27 heavy (non-hydrogen) atoms. The predicted octanol–water partition coefficient (Wildman–Crippen LogP) is 2.95. The van der Waals surface area contributed by atoms with Crippen molar-refractivity contribution >= 4 is 28.5 Å². The smallest absolute Gasteiger partial charge is 0.242 e. The summed E-state index contributed by atoms with van der Waals surface area (Å²) < 4.78 is 7.77. The quantitative estimate of drug-likeness (QED) is 0.646. The molecule has 1 amide bonds. The molecule has 7 heteroatoms. The molecular weight excluding hydrogens is 364 g/mol. The van der Waals surface area contributed by atoms with E-state index in [9.17, 15) is 4.79 Å². The molecule has 3 rings (SSSR count). The average molecular weight is 387 g/mol. The molecule has 1 N–H and O–H groups in total. The van der Waals surface area contributed by atoms with Crippen molar-refractivity contribution in [2.45, 2.75) is 13.2 Å². The summed E-state index contributed by atoms with van der Waals surface area (Å²) in [6, 6.07) is 15.0. The van der Waals surface area contributed by atoms with Gasteiger partial charge in [0, 0.05) is 25.2 Å². The Morgan fingerprint density at radius 2 is 1.96 bits per heavy atom. The monoisotopic (exact) mass is 386 g/mol. The van der Waals surface area contributed by atoms with E-state index >= 15 is 0 Å². The zero-order valence-electron chi connectivity index (χ0n) is 15.5. The topological polar surface area (TPSA) is 59.4 Å². The van der Waals surface area contributed by atoms with Gasteiger partial charge in [0.25, 0.3) is 0 Å². The Bertz CT molecular complexity index is 908. The molecule has 1 heterocycles. The van der Waals surface area contributed by atoms with Gasteiger partial charge in [0.15, 0.2) is 0 Å². The molecule has 1 aromatic heterocycles. The third-order valence-corrected chi connectivity index (χ3v) is 4.58. The third kappa shape index (κ3) is 4.78. The Morgan fingerprint density at radius 1 is 1.22 bits per heavy atom. The molecule has 0 aliphatic carbocycles. The molecule has 3 aromatic rings. The first-order valence-electron chi connectivity index (χ1n) is 8.79. The molecule has 0 saturated heterocycles. The summed E-state index contributed by atoms with van der Waals surface area (Å²) in [6.45, 7) is 1.89. The molecule has 0 aliphatic rings. The molecule has 0 fully saturated rings. The number of ether oxygens (including phenoxy) is 1. The lowest BCUT2D eigenvalue weighted by molar-refractivity contribution is -0.130. The zero-order chi connectivity index (χ0) is 19.2. The number of carbonyl (C=O) groups excluding carboxylic acids is 1. The van der Waals surface area contributed by atoms with E-state index < -0.39 is 0 Å². The van der Waals surface area contributed by atoms with E-state index in [0.29, 0.717) is 23.1 Å². The molecule has 0 spiro atoms. The van der Waals surface area contributed by atoms with E-state index in [4.69, 9.17) is 16.3 Å². The van der Waals surface area contributed by atoms with Gasteiger partial charge >= 0.3 is 0 Å². The number of rotatable bonds is 8. The second kappa shape index (κ2) is 8.88. The molecule has 6 nitrogen and oxygen atoms in total. The van der Waals surface area contributed by atoms with Crippen LogP contribution in [-0.4, -0.2) is 47.5 Å². The molecule has 0 radical (unpaired) electrons. The Hall–Kier alpha value is -2.57. The second-order valence-electron chi connectivity index (χ2n) is 6.26. The van der Waals surface area contributed by atoms with Gasteiger partial charge in [-0.05, 0) is 43.4 Å². The van der Waals surface area contributed by atoms with Crippen LogP contribution in [0.1, 0.15) is 5.82 Å². The molecule has 142 valence electrons. The summed E-state index contributed by atoms with van der Waals surface area (Å²) in [4.78, 5) is 19.0. The predicted molar refractivity (Wildman–Crippen MR) is 107 cm³/mol. The highest BCUT2D eigenvalue weighted by Gasteiger charge is 2.16. The number of nitrogens with one attached hydrogen (secondary N) is 1. The number of para-hydroxylation sites is 2. The summed E-state index contributed by atoms with van der Waals surface area (Å²) in [5.41, 5.74) is 1.76. The van der Waals surface area contributed by atoms with Crippen LogP contribution in [0.25, 0.3) is 11.0 Å². The summed E-state index contributed by atoms with van der Waals surface area (Å²) in [5.74, 6) is 1.44. The highest BCUT2D eigenvalue weighted by Crippen LogP contribution is 2.20. The van der Waals surface area contributed by atoms with Gasteiger partial charge in [-0.15, -0.1) is 0 Å². The average Bonchev–Trinajstić information content (AvgIpc) is 3.03. The Balaban J connectivity index is 1.80. The summed E-state index contributed by atoms with van der Waals surface area (Å²) in [6.07, 6.45) is 0. The van der Waals surface area contributed by atoms with E-state index in [1.807, 2.05) is 55.1 Å². The number of fused-ring (bicyclic) bond motifs is 1. The van der Waals surface area contributed by atoms with Gasteiger partial charge in [0.2, 0.25) is 5.91 Å². The number of amides is 1. The summed E-state index contributed by atoms with van der Waals surface area (Å²) in [5, 5.41) is 3.71. The first kappa shape index (κ1) is 19.2. The van der Waals surface area contributed by atoms with Gasteiger partial charge in [0.05, 0.1) is 11.0 Å². The Morgan fingerprint density at radius 3 is 2.70 bits per heavy atom. The van der Waals surface area contributed by atoms with E-state index in [0.717, 1.165) is 17.6 Å². The maximum absolute atomic E-state index is 12.6. The van der Waals surface area contributed by atoms with Crippen molar-refractivity contribution < 1.29 is 9.53 Å². The van der Waals surface area contributed by atoms with Crippen molar-refractivity contribution in [1.82, 2.24) is 19.8 Å². The number of likely N-dealkylation sites (N-methyl/N-ethyl adjacent to an activating group) is 2. The Labute approximate surface area is 163 Å². The van der Waals surface area contributed by atoms with Crippen LogP contribution in [0.3, 0.4) is 0 Å². The Kier molecular flexibility index (Phi) is 6.32. The fraction of sp³-hybridized carbons (Fsp3) is 0.300. The van der Waals surface area contributed by atoms with Crippen molar-refractivity contribution in [3.05, 3.63) is 59.4 Å². The first-order chi connectivity index (χ1) is 13.1. The minimum absolute atomic E-state index is 0.0288. The lowest BCUT2D eigenvalue weighted by atomic mass is 10.3. The highest BCUT2D eigenvalue weighted by molar-refractivity contribution is 6.30. The standard InChI is InChI=1S/C20H23ClN4O2/c1-22-11-12-24(2)20(26)13-25-18-6-4-3-5-17(18)23-19(25)14-27-16-9-7-15(21)8-10-16/h3-10,22H,11-14H2,1-2H3.